The van der Waals surface area contributed by atoms with Crippen LogP contribution in [0.25, 0.3) is 0 Å². The summed E-state index contributed by atoms with van der Waals surface area (Å²) < 4.78 is 83.4. The fourth-order valence-corrected chi connectivity index (χ4v) is 5.43. The van der Waals surface area contributed by atoms with Crippen LogP contribution in [0.5, 0.6) is 0 Å². The van der Waals surface area contributed by atoms with Gasteiger partial charge in [-0.2, -0.15) is 13.8 Å². The predicted molar refractivity (Wildman–Crippen MR) is 117 cm³/mol. The number of aromatic nitrogens is 2. The van der Waals surface area contributed by atoms with E-state index in [9.17, 15) is 30.8 Å². The van der Waals surface area contributed by atoms with Crippen molar-refractivity contribution in [2.45, 2.75) is 55.9 Å². The van der Waals surface area contributed by atoms with Gasteiger partial charge in [0.15, 0.2) is 9.84 Å². The summed E-state index contributed by atoms with van der Waals surface area (Å²) in [6, 6.07) is 1.43. The second-order valence-corrected chi connectivity index (χ2v) is 11.2. The van der Waals surface area contributed by atoms with Gasteiger partial charge in [0, 0.05) is 44.8 Å². The van der Waals surface area contributed by atoms with Crippen molar-refractivity contribution >= 4 is 21.7 Å². The highest BCUT2D eigenvalue weighted by atomic mass is 32.2. The average Bonchev–Trinajstić information content (AvgIpc) is 3.28. The monoisotopic (exact) mass is 518 g/mol. The van der Waals surface area contributed by atoms with Gasteiger partial charge in [0.05, 0.1) is 0 Å². The molecule has 2 saturated heterocycles. The Morgan fingerprint density at radius 1 is 1.11 bits per heavy atom. The number of benzene rings is 1. The van der Waals surface area contributed by atoms with Crippen molar-refractivity contribution in [3.05, 3.63) is 35.2 Å². The van der Waals surface area contributed by atoms with E-state index in [0.717, 1.165) is 12.3 Å². The number of carbonyl (C=O) groups is 1. The molecule has 1 aromatic heterocycles. The molecule has 0 aliphatic carbocycles. The maximum Gasteiger partial charge on any atom is 0.322 e. The molecule has 13 heteroatoms. The molecule has 2 aliphatic heterocycles. The molecule has 0 radical (unpaired) electrons. The van der Waals surface area contributed by atoms with Crippen LogP contribution in [0.15, 0.2) is 21.6 Å². The molecule has 4 rings (SSSR count). The first-order chi connectivity index (χ1) is 16.3. The maximum absolute atomic E-state index is 14.5. The van der Waals surface area contributed by atoms with Crippen LogP contribution in [0, 0.1) is 17.6 Å². The second kappa shape index (κ2) is 9.40. The molecule has 0 unspecified atom stereocenters. The number of alkyl halides is 2. The van der Waals surface area contributed by atoms with Crippen molar-refractivity contribution in [2.75, 3.05) is 30.8 Å². The van der Waals surface area contributed by atoms with Crippen molar-refractivity contribution in [1.29, 1.82) is 0 Å². The summed E-state index contributed by atoms with van der Waals surface area (Å²) in [7, 11) is -3.92. The molecule has 8 nitrogen and oxygen atoms in total. The number of carbonyl (C=O) groups excluding carboxylic acids is 1. The largest absolute Gasteiger partial charge is 0.339 e. The first kappa shape index (κ1) is 25.4. The van der Waals surface area contributed by atoms with Gasteiger partial charge in [-0.25, -0.2) is 17.2 Å². The highest BCUT2D eigenvalue weighted by molar-refractivity contribution is 7.90. The number of hydrogen-bond donors (Lipinski definition) is 0. The van der Waals surface area contributed by atoms with Gasteiger partial charge in [0.1, 0.15) is 16.5 Å². The first-order valence-corrected chi connectivity index (χ1v) is 13.2. The minimum Gasteiger partial charge on any atom is -0.339 e. The Labute approximate surface area is 200 Å². The quantitative estimate of drug-likeness (QED) is 0.542. The summed E-state index contributed by atoms with van der Waals surface area (Å²) in [6.45, 7) is 2.10. The van der Waals surface area contributed by atoms with Gasteiger partial charge < -0.3 is 14.3 Å². The molecule has 1 amide bonds. The molecule has 0 bridgehead atoms. The summed E-state index contributed by atoms with van der Waals surface area (Å²) in [5.74, 6) is -6.51. The minimum absolute atomic E-state index is 0.0299. The molecule has 35 heavy (non-hydrogen) atoms. The topological polar surface area (TPSA) is 96.6 Å². The van der Waals surface area contributed by atoms with Gasteiger partial charge in [-0.15, -0.1) is 0 Å². The predicted octanol–water partition coefficient (Wildman–Crippen LogP) is 3.31. The van der Waals surface area contributed by atoms with Crippen LogP contribution >= 0.6 is 0 Å². The molecule has 0 saturated carbocycles. The van der Waals surface area contributed by atoms with Crippen LogP contribution in [0.4, 0.5) is 23.5 Å². The van der Waals surface area contributed by atoms with Gasteiger partial charge in [-0.3, -0.25) is 4.79 Å². The average molecular weight is 519 g/mol. The zero-order chi connectivity index (χ0) is 25.5. The first-order valence-electron chi connectivity index (χ1n) is 11.3. The van der Waals surface area contributed by atoms with Crippen molar-refractivity contribution in [2.24, 2.45) is 5.92 Å². The molecule has 3 heterocycles. The van der Waals surface area contributed by atoms with Crippen LogP contribution in [0.1, 0.15) is 44.1 Å². The van der Waals surface area contributed by atoms with Crippen molar-refractivity contribution < 1.29 is 35.3 Å². The molecular formula is C22H26F4N4O4S. The Morgan fingerprint density at radius 3 is 2.40 bits per heavy atom. The smallest absolute Gasteiger partial charge is 0.322 e. The lowest BCUT2D eigenvalue weighted by molar-refractivity contribution is -0.141. The van der Waals surface area contributed by atoms with E-state index in [0.29, 0.717) is 58.3 Å². The third-order valence-corrected chi connectivity index (χ3v) is 7.64. The zero-order valence-corrected chi connectivity index (χ0v) is 20.1. The van der Waals surface area contributed by atoms with E-state index in [1.165, 1.54) is 0 Å². The second-order valence-electron chi connectivity index (χ2n) is 9.23. The Bertz CT molecular complexity index is 1210. The minimum atomic E-state index is -3.92. The summed E-state index contributed by atoms with van der Waals surface area (Å²) in [4.78, 5) is 19.7. The van der Waals surface area contributed by atoms with Crippen molar-refractivity contribution in [1.82, 2.24) is 15.0 Å². The highest BCUT2D eigenvalue weighted by Crippen LogP contribution is 2.31. The number of sulfone groups is 1. The van der Waals surface area contributed by atoms with Crippen LogP contribution in [0.2, 0.25) is 0 Å². The van der Waals surface area contributed by atoms with Gasteiger partial charge in [0.2, 0.25) is 5.91 Å². The highest BCUT2D eigenvalue weighted by Gasteiger charge is 2.37. The van der Waals surface area contributed by atoms with Gasteiger partial charge in [-0.1, -0.05) is 0 Å². The number of halogens is 4. The Kier molecular flexibility index (Phi) is 6.82. The summed E-state index contributed by atoms with van der Waals surface area (Å²) in [5.41, 5.74) is -0.0365. The van der Waals surface area contributed by atoms with E-state index in [-0.39, 0.29) is 29.9 Å². The van der Waals surface area contributed by atoms with Gasteiger partial charge >= 0.3 is 5.92 Å². The molecule has 0 N–H and O–H groups in total. The van der Waals surface area contributed by atoms with E-state index in [4.69, 9.17) is 0 Å². The van der Waals surface area contributed by atoms with Gasteiger partial charge in [-0.05, 0) is 55.0 Å². The van der Waals surface area contributed by atoms with E-state index in [1.54, 1.807) is 9.80 Å². The van der Waals surface area contributed by atoms with Gasteiger partial charge in [0.25, 0.3) is 11.8 Å². The Hall–Kier alpha value is -2.70. The molecule has 2 fully saturated rings. The number of piperidine rings is 2. The van der Waals surface area contributed by atoms with Crippen LogP contribution in [-0.2, 0) is 27.0 Å². The molecule has 1 atom stereocenters. The Morgan fingerprint density at radius 2 is 1.80 bits per heavy atom. The number of rotatable bonds is 6. The van der Waals surface area contributed by atoms with Crippen molar-refractivity contribution in [3.63, 3.8) is 0 Å². The maximum atomic E-state index is 14.5. The lowest BCUT2D eigenvalue weighted by atomic mass is 9.88. The third kappa shape index (κ3) is 5.44. The van der Waals surface area contributed by atoms with Crippen LogP contribution < -0.4 is 4.90 Å². The number of amides is 1. The van der Waals surface area contributed by atoms with Crippen LogP contribution in [-0.4, -0.2) is 61.3 Å². The number of likely N-dealkylation sites (tertiary alicyclic amines) is 1. The molecule has 2 aliphatic rings. The lowest BCUT2D eigenvalue weighted by Crippen LogP contribution is -2.52. The molecule has 2 aromatic rings. The fraction of sp³-hybridized carbons (Fsp3) is 0.591. The normalized spacial score (nSPS) is 20.5. The molecule has 192 valence electrons. The summed E-state index contributed by atoms with van der Waals surface area (Å²) in [5, 5.41) is 3.63. The van der Waals surface area contributed by atoms with E-state index in [1.807, 2.05) is 0 Å². The summed E-state index contributed by atoms with van der Waals surface area (Å²) in [6.07, 6.45) is 3.11. The summed E-state index contributed by atoms with van der Waals surface area (Å²) >= 11 is 0. The molecule has 0 spiro atoms. The number of nitrogens with zero attached hydrogens (tertiary/aromatic N) is 4. The van der Waals surface area contributed by atoms with Crippen LogP contribution in [0.3, 0.4) is 0 Å². The lowest BCUT2D eigenvalue weighted by Gasteiger charge is -2.42. The standard InChI is InChI=1S/C22H26F4N4O4S/c1-22(25,26)20-27-21(28-34-20)29-8-5-15(6-9-29)30-7-3-4-13(19(30)31)10-14-11-17(24)18(12-16(14)23)35(2,32)33/h11-13,15H,3-10H2,1-2H3/t13-/m1/s1. The number of hydrogen-bond acceptors (Lipinski definition) is 7. The SMILES string of the molecule is CC(F)(F)c1nc(N2CCC(N3CCC[C@H](Cc4cc(F)c(S(C)(=O)=O)cc4F)C3=O)CC2)no1. The molecular weight excluding hydrogens is 492 g/mol. The fourth-order valence-electron chi connectivity index (χ4n) is 4.70. The van der Waals surface area contributed by atoms with E-state index < -0.39 is 44.1 Å². The zero-order valence-electron chi connectivity index (χ0n) is 19.3. The molecule has 1 aromatic carbocycles. The third-order valence-electron chi connectivity index (χ3n) is 6.53. The van der Waals surface area contributed by atoms with E-state index in [2.05, 4.69) is 14.7 Å². The van der Waals surface area contributed by atoms with E-state index >= 15 is 0 Å². The Balaban J connectivity index is 1.40. The number of anilines is 1. The van der Waals surface area contributed by atoms with Crippen molar-refractivity contribution in [3.8, 4) is 0 Å².